The second-order valence-corrected chi connectivity index (χ2v) is 8.80. The molecule has 0 spiro atoms. The molecule has 0 saturated carbocycles. The monoisotopic (exact) mass is 436 g/mol. The van der Waals surface area contributed by atoms with Crippen molar-refractivity contribution in [2.24, 2.45) is 0 Å². The van der Waals surface area contributed by atoms with Crippen LogP contribution in [0.5, 0.6) is 0 Å². The molecule has 3 rings (SSSR count). The Morgan fingerprint density at radius 3 is 2.32 bits per heavy atom. The summed E-state index contributed by atoms with van der Waals surface area (Å²) in [5.41, 5.74) is 1.40. The van der Waals surface area contributed by atoms with Gasteiger partial charge in [-0.1, -0.05) is 42.3 Å². The molecular formula is C24H21FN2O3S. The highest BCUT2D eigenvalue weighted by atomic mass is 32.2. The number of nitrogens with zero attached hydrogens (tertiary/aromatic N) is 2. The maximum atomic E-state index is 13.2. The first-order valence-corrected chi connectivity index (χ1v) is 10.9. The summed E-state index contributed by atoms with van der Waals surface area (Å²) in [5.74, 6) is 1.65. The number of hydrogen-bond donors (Lipinski definition) is 0. The SMILES string of the molecule is C#CCN(Cc1ccc(F)cc1)C(=O)c1cccc(S(=O)(=O)N(C)c2ccccc2)c1. The van der Waals surface area contributed by atoms with Crippen LogP contribution in [0.1, 0.15) is 15.9 Å². The molecule has 0 aromatic heterocycles. The van der Waals surface area contributed by atoms with Gasteiger partial charge in [0.25, 0.3) is 15.9 Å². The number of hydrogen-bond acceptors (Lipinski definition) is 3. The summed E-state index contributed by atoms with van der Waals surface area (Å²) < 4.78 is 40.4. The molecule has 0 atom stereocenters. The van der Waals surface area contributed by atoms with E-state index in [1.165, 1.54) is 48.3 Å². The van der Waals surface area contributed by atoms with Gasteiger partial charge < -0.3 is 4.90 Å². The minimum Gasteiger partial charge on any atom is -0.323 e. The van der Waals surface area contributed by atoms with Crippen molar-refractivity contribution in [1.82, 2.24) is 4.90 Å². The highest BCUT2D eigenvalue weighted by Gasteiger charge is 2.23. The number of sulfonamides is 1. The largest absolute Gasteiger partial charge is 0.323 e. The lowest BCUT2D eigenvalue weighted by Crippen LogP contribution is -2.31. The summed E-state index contributed by atoms with van der Waals surface area (Å²) in [4.78, 5) is 14.5. The molecule has 0 saturated heterocycles. The second-order valence-electron chi connectivity index (χ2n) is 6.83. The molecule has 0 aliphatic carbocycles. The molecule has 31 heavy (non-hydrogen) atoms. The van der Waals surface area contributed by atoms with Gasteiger partial charge in [0, 0.05) is 19.2 Å². The van der Waals surface area contributed by atoms with E-state index in [1.807, 2.05) is 0 Å². The molecule has 0 bridgehead atoms. The Morgan fingerprint density at radius 1 is 1.00 bits per heavy atom. The molecule has 158 valence electrons. The van der Waals surface area contributed by atoms with E-state index < -0.39 is 15.9 Å². The Labute approximate surface area is 181 Å². The van der Waals surface area contributed by atoms with Crippen molar-refractivity contribution in [3.8, 4) is 12.3 Å². The molecular weight excluding hydrogens is 415 g/mol. The summed E-state index contributed by atoms with van der Waals surface area (Å²) >= 11 is 0. The van der Waals surface area contributed by atoms with Gasteiger partial charge in [0.2, 0.25) is 0 Å². The number of amides is 1. The fourth-order valence-corrected chi connectivity index (χ4v) is 4.27. The van der Waals surface area contributed by atoms with Gasteiger partial charge in [0.1, 0.15) is 5.82 Å². The zero-order valence-electron chi connectivity index (χ0n) is 16.9. The summed E-state index contributed by atoms with van der Waals surface area (Å²) in [6, 6.07) is 20.2. The summed E-state index contributed by atoms with van der Waals surface area (Å²) in [7, 11) is -2.41. The van der Waals surface area contributed by atoms with Crippen LogP contribution in [-0.4, -0.2) is 32.8 Å². The second kappa shape index (κ2) is 9.45. The van der Waals surface area contributed by atoms with E-state index in [0.29, 0.717) is 11.3 Å². The molecule has 3 aromatic carbocycles. The topological polar surface area (TPSA) is 57.7 Å². The molecule has 7 heteroatoms. The summed E-state index contributed by atoms with van der Waals surface area (Å²) in [6.07, 6.45) is 5.42. The number of rotatable bonds is 7. The highest BCUT2D eigenvalue weighted by molar-refractivity contribution is 7.92. The Hall–Kier alpha value is -3.63. The van der Waals surface area contributed by atoms with Crippen LogP contribution in [0.15, 0.2) is 83.8 Å². The van der Waals surface area contributed by atoms with Crippen LogP contribution in [0.2, 0.25) is 0 Å². The molecule has 1 amide bonds. The quantitative estimate of drug-likeness (QED) is 0.528. The van der Waals surface area contributed by atoms with Crippen molar-refractivity contribution in [1.29, 1.82) is 0 Å². The van der Waals surface area contributed by atoms with Crippen LogP contribution in [0.25, 0.3) is 0 Å². The highest BCUT2D eigenvalue weighted by Crippen LogP contribution is 2.23. The van der Waals surface area contributed by atoms with Crippen LogP contribution >= 0.6 is 0 Å². The van der Waals surface area contributed by atoms with Crippen LogP contribution < -0.4 is 4.31 Å². The standard InChI is InChI=1S/C24H21FN2O3S/c1-3-16-27(18-19-12-14-21(25)15-13-19)24(28)20-8-7-11-23(17-20)31(29,30)26(2)22-9-5-4-6-10-22/h1,4-15,17H,16,18H2,2H3. The van der Waals surface area contributed by atoms with Crippen LogP contribution in [0, 0.1) is 18.2 Å². The summed E-state index contributed by atoms with van der Waals surface area (Å²) in [5, 5.41) is 0. The maximum Gasteiger partial charge on any atom is 0.264 e. The molecule has 0 radical (unpaired) electrons. The van der Waals surface area contributed by atoms with Gasteiger partial charge in [0.05, 0.1) is 17.1 Å². The first-order chi connectivity index (χ1) is 14.8. The van der Waals surface area contributed by atoms with Gasteiger partial charge >= 0.3 is 0 Å². The van der Waals surface area contributed by atoms with Gasteiger partial charge in [-0.25, -0.2) is 12.8 Å². The molecule has 0 unspecified atom stereocenters. The zero-order valence-corrected chi connectivity index (χ0v) is 17.7. The lowest BCUT2D eigenvalue weighted by molar-refractivity contribution is 0.0765. The molecule has 3 aromatic rings. The molecule has 5 nitrogen and oxygen atoms in total. The zero-order chi connectivity index (χ0) is 22.4. The van der Waals surface area contributed by atoms with E-state index in [0.717, 1.165) is 4.31 Å². The van der Waals surface area contributed by atoms with Crippen LogP contribution in [0.3, 0.4) is 0 Å². The first kappa shape index (κ1) is 22.1. The van der Waals surface area contributed by atoms with Crippen molar-refractivity contribution in [2.75, 3.05) is 17.9 Å². The van der Waals surface area contributed by atoms with E-state index in [9.17, 15) is 17.6 Å². The Morgan fingerprint density at radius 2 is 1.68 bits per heavy atom. The fourth-order valence-electron chi connectivity index (χ4n) is 3.03. The van der Waals surface area contributed by atoms with Crippen molar-refractivity contribution in [3.63, 3.8) is 0 Å². The average molecular weight is 437 g/mol. The number of anilines is 1. The molecule has 0 aliphatic heterocycles. The number of carbonyl (C=O) groups excluding carboxylic acids is 1. The lowest BCUT2D eigenvalue weighted by Gasteiger charge is -2.22. The Kier molecular flexibility index (Phi) is 6.73. The van der Waals surface area contributed by atoms with Gasteiger partial charge in [0.15, 0.2) is 0 Å². The third-order valence-electron chi connectivity index (χ3n) is 4.72. The molecule has 0 fully saturated rings. The van der Waals surface area contributed by atoms with Crippen molar-refractivity contribution >= 4 is 21.6 Å². The molecule has 0 heterocycles. The number of terminal acetylenes is 1. The maximum absolute atomic E-state index is 13.2. The van der Waals surface area contributed by atoms with Crippen molar-refractivity contribution < 1.29 is 17.6 Å². The molecule has 0 aliphatic rings. The van der Waals surface area contributed by atoms with Crippen molar-refractivity contribution in [3.05, 3.63) is 95.8 Å². The minimum absolute atomic E-state index is 0.00728. The number of carbonyl (C=O) groups is 1. The van der Waals surface area contributed by atoms with E-state index in [2.05, 4.69) is 5.92 Å². The predicted octanol–water partition coefficient (Wildman–Crippen LogP) is 3.93. The smallest absolute Gasteiger partial charge is 0.264 e. The minimum atomic E-state index is -3.87. The van der Waals surface area contributed by atoms with E-state index >= 15 is 0 Å². The van der Waals surface area contributed by atoms with E-state index in [4.69, 9.17) is 6.42 Å². The third kappa shape index (κ3) is 5.11. The van der Waals surface area contributed by atoms with Crippen LogP contribution in [-0.2, 0) is 16.6 Å². The predicted molar refractivity (Wildman–Crippen MR) is 118 cm³/mol. The fraction of sp³-hybridized carbons (Fsp3) is 0.125. The van der Waals surface area contributed by atoms with Gasteiger partial charge in [-0.05, 0) is 48.0 Å². The number of halogens is 1. The molecule has 0 N–H and O–H groups in total. The van der Waals surface area contributed by atoms with Crippen LogP contribution in [0.4, 0.5) is 10.1 Å². The van der Waals surface area contributed by atoms with Gasteiger partial charge in [-0.15, -0.1) is 6.42 Å². The van der Waals surface area contributed by atoms with Crippen molar-refractivity contribution in [2.45, 2.75) is 11.4 Å². The first-order valence-electron chi connectivity index (χ1n) is 9.44. The normalized spacial score (nSPS) is 10.9. The van der Waals surface area contributed by atoms with E-state index in [1.54, 1.807) is 42.5 Å². The Bertz CT molecular complexity index is 1200. The third-order valence-corrected chi connectivity index (χ3v) is 6.50. The lowest BCUT2D eigenvalue weighted by atomic mass is 10.1. The van der Waals surface area contributed by atoms with E-state index in [-0.39, 0.29) is 29.4 Å². The number of para-hydroxylation sites is 1. The number of benzene rings is 3. The average Bonchev–Trinajstić information content (AvgIpc) is 2.80. The Balaban J connectivity index is 1.88. The summed E-state index contributed by atoms with van der Waals surface area (Å²) in [6.45, 7) is 0.196. The van der Waals surface area contributed by atoms with Gasteiger partial charge in [-0.2, -0.15) is 0 Å². The van der Waals surface area contributed by atoms with Gasteiger partial charge in [-0.3, -0.25) is 9.10 Å².